The Labute approximate surface area is 172 Å². The average molecular weight is 417 g/mol. The topological polar surface area (TPSA) is 136 Å². The monoisotopic (exact) mass is 417 g/mol. The average Bonchev–Trinajstić information content (AvgIpc) is 2.97. The predicted molar refractivity (Wildman–Crippen MR) is 104 cm³/mol. The van der Waals surface area contributed by atoms with Crippen molar-refractivity contribution in [3.63, 3.8) is 0 Å². The van der Waals surface area contributed by atoms with Crippen molar-refractivity contribution >= 4 is 35.1 Å². The molecule has 0 aromatic heterocycles. The molecular formula is C20H23N3O7. The van der Waals surface area contributed by atoms with Crippen LogP contribution < -0.4 is 5.32 Å². The molecule has 1 saturated carbocycles. The number of anilines is 1. The number of nitro groups is 1. The lowest BCUT2D eigenvalue weighted by Gasteiger charge is -2.21. The van der Waals surface area contributed by atoms with Crippen LogP contribution in [0.3, 0.4) is 0 Å². The molecule has 3 rings (SSSR count). The first-order valence-corrected chi connectivity index (χ1v) is 9.79. The van der Waals surface area contributed by atoms with Crippen LogP contribution >= 0.6 is 0 Å². The number of aryl methyl sites for hydroxylation is 1. The van der Waals surface area contributed by atoms with Gasteiger partial charge in [0, 0.05) is 6.07 Å². The molecule has 1 aliphatic heterocycles. The van der Waals surface area contributed by atoms with Gasteiger partial charge in [0.2, 0.25) is 11.8 Å². The van der Waals surface area contributed by atoms with E-state index in [1.165, 1.54) is 19.1 Å². The Bertz CT molecular complexity index is 890. The first-order valence-electron chi connectivity index (χ1n) is 9.79. The summed E-state index contributed by atoms with van der Waals surface area (Å²) in [7, 11) is 0. The molecule has 1 saturated heterocycles. The van der Waals surface area contributed by atoms with Crippen LogP contribution in [-0.4, -0.2) is 46.2 Å². The minimum absolute atomic E-state index is 0.0190. The molecule has 160 valence electrons. The maximum absolute atomic E-state index is 12.6. The van der Waals surface area contributed by atoms with Gasteiger partial charge in [-0.1, -0.05) is 25.0 Å². The van der Waals surface area contributed by atoms with Gasteiger partial charge >= 0.3 is 5.97 Å². The number of fused-ring (bicyclic) bond motifs is 1. The Morgan fingerprint density at radius 3 is 2.40 bits per heavy atom. The number of hydrogen-bond acceptors (Lipinski definition) is 7. The Hall–Kier alpha value is -3.30. The maximum Gasteiger partial charge on any atom is 0.329 e. The zero-order chi connectivity index (χ0) is 22.0. The van der Waals surface area contributed by atoms with Gasteiger partial charge in [0.1, 0.15) is 11.7 Å². The van der Waals surface area contributed by atoms with Gasteiger partial charge in [0.25, 0.3) is 11.6 Å². The van der Waals surface area contributed by atoms with Crippen molar-refractivity contribution in [3.8, 4) is 0 Å². The van der Waals surface area contributed by atoms with Crippen LogP contribution in [0.1, 0.15) is 38.2 Å². The summed E-state index contributed by atoms with van der Waals surface area (Å²) in [4.78, 5) is 61.1. The molecule has 2 fully saturated rings. The van der Waals surface area contributed by atoms with E-state index in [9.17, 15) is 29.3 Å². The van der Waals surface area contributed by atoms with E-state index in [2.05, 4.69) is 5.32 Å². The van der Waals surface area contributed by atoms with Crippen LogP contribution in [-0.2, 0) is 23.9 Å². The number of amides is 3. The van der Waals surface area contributed by atoms with E-state index in [0.717, 1.165) is 17.7 Å². The van der Waals surface area contributed by atoms with Crippen molar-refractivity contribution in [2.24, 2.45) is 11.8 Å². The van der Waals surface area contributed by atoms with Gasteiger partial charge in [-0.2, -0.15) is 0 Å². The minimum Gasteiger partial charge on any atom is -0.454 e. The maximum atomic E-state index is 12.6. The molecular weight excluding hydrogens is 394 g/mol. The number of rotatable bonds is 6. The van der Waals surface area contributed by atoms with Crippen molar-refractivity contribution in [2.45, 2.75) is 45.6 Å². The summed E-state index contributed by atoms with van der Waals surface area (Å²) in [6.07, 6.45) is 3.01. The molecule has 2 aliphatic rings. The van der Waals surface area contributed by atoms with E-state index in [0.29, 0.717) is 18.4 Å². The number of carbonyl (C=O) groups is 4. The smallest absolute Gasteiger partial charge is 0.329 e. The number of benzene rings is 1. The summed E-state index contributed by atoms with van der Waals surface area (Å²) in [6.45, 7) is 2.29. The van der Waals surface area contributed by atoms with Crippen LogP contribution in [0.2, 0.25) is 0 Å². The predicted octanol–water partition coefficient (Wildman–Crippen LogP) is 1.95. The highest BCUT2D eigenvalue weighted by atomic mass is 16.6. The van der Waals surface area contributed by atoms with E-state index < -0.39 is 29.4 Å². The summed E-state index contributed by atoms with van der Waals surface area (Å²) in [5.74, 6) is -3.15. The zero-order valence-electron chi connectivity index (χ0n) is 16.8. The summed E-state index contributed by atoms with van der Waals surface area (Å²) in [5.41, 5.74) is 0.220. The van der Waals surface area contributed by atoms with Crippen molar-refractivity contribution in [1.82, 2.24) is 4.90 Å². The largest absolute Gasteiger partial charge is 0.454 e. The number of ether oxygens (including phenoxy) is 1. The highest BCUT2D eigenvalue weighted by Crippen LogP contribution is 2.39. The van der Waals surface area contributed by atoms with Crippen molar-refractivity contribution < 1.29 is 28.8 Å². The molecule has 3 atom stereocenters. The van der Waals surface area contributed by atoms with E-state index in [1.54, 1.807) is 13.0 Å². The lowest BCUT2D eigenvalue weighted by Crippen LogP contribution is -2.45. The summed E-state index contributed by atoms with van der Waals surface area (Å²) < 4.78 is 4.97. The Kier molecular flexibility index (Phi) is 6.14. The van der Waals surface area contributed by atoms with Crippen LogP contribution in [0.15, 0.2) is 18.2 Å². The molecule has 1 aromatic rings. The van der Waals surface area contributed by atoms with Crippen LogP contribution in [0.25, 0.3) is 0 Å². The summed E-state index contributed by atoms with van der Waals surface area (Å²) in [5, 5.41) is 13.5. The first-order chi connectivity index (χ1) is 14.2. The van der Waals surface area contributed by atoms with E-state index in [4.69, 9.17) is 4.74 Å². The van der Waals surface area contributed by atoms with Gasteiger partial charge < -0.3 is 10.1 Å². The lowest BCUT2D eigenvalue weighted by molar-refractivity contribution is -0.384. The highest BCUT2D eigenvalue weighted by molar-refractivity contribution is 6.08. The van der Waals surface area contributed by atoms with Gasteiger partial charge in [-0.3, -0.25) is 29.4 Å². The molecule has 3 amide bonds. The second kappa shape index (κ2) is 8.60. The third-order valence-electron chi connectivity index (χ3n) is 5.66. The van der Waals surface area contributed by atoms with Crippen LogP contribution in [0.4, 0.5) is 11.4 Å². The number of nitro benzene ring substituents is 1. The quantitative estimate of drug-likeness (QED) is 0.323. The van der Waals surface area contributed by atoms with Crippen molar-refractivity contribution in [3.05, 3.63) is 33.9 Å². The molecule has 0 unspecified atom stereocenters. The number of esters is 1. The highest BCUT2D eigenvalue weighted by Gasteiger charge is 2.51. The third-order valence-corrected chi connectivity index (χ3v) is 5.66. The number of nitrogens with one attached hydrogen (secondary N) is 1. The molecule has 1 N–H and O–H groups in total. The van der Waals surface area contributed by atoms with Crippen molar-refractivity contribution in [2.75, 3.05) is 11.9 Å². The Balaban J connectivity index is 1.61. The van der Waals surface area contributed by atoms with Gasteiger partial charge in [-0.25, -0.2) is 4.79 Å². The fraction of sp³-hybridized carbons (Fsp3) is 0.500. The fourth-order valence-electron chi connectivity index (χ4n) is 4.07. The molecule has 30 heavy (non-hydrogen) atoms. The summed E-state index contributed by atoms with van der Waals surface area (Å²) in [6, 6.07) is 3.20. The van der Waals surface area contributed by atoms with Crippen LogP contribution in [0, 0.1) is 28.9 Å². The zero-order valence-corrected chi connectivity index (χ0v) is 16.8. The van der Waals surface area contributed by atoms with Gasteiger partial charge in [-0.05, 0) is 32.3 Å². The molecule has 1 aliphatic carbocycles. The number of imide groups is 1. The SMILES string of the molecule is Cc1cccc([N+](=O)[O-])c1NC(=O)COC(=O)[C@H](C)N1C(=O)[C@H]2CCCC[C@H]2C1=O. The van der Waals surface area contributed by atoms with Gasteiger partial charge in [0.15, 0.2) is 6.61 Å². The van der Waals surface area contributed by atoms with Gasteiger partial charge in [-0.15, -0.1) is 0 Å². The Morgan fingerprint density at radius 1 is 1.23 bits per heavy atom. The van der Waals surface area contributed by atoms with Crippen LogP contribution in [0.5, 0.6) is 0 Å². The molecule has 0 spiro atoms. The first kappa shape index (κ1) is 21.4. The molecule has 0 bridgehead atoms. The fourth-order valence-corrected chi connectivity index (χ4v) is 4.07. The van der Waals surface area contributed by atoms with E-state index >= 15 is 0 Å². The second-order valence-corrected chi connectivity index (χ2v) is 7.60. The number of likely N-dealkylation sites (tertiary alicyclic amines) is 1. The Morgan fingerprint density at radius 2 is 1.83 bits per heavy atom. The van der Waals surface area contributed by atoms with Crippen molar-refractivity contribution in [1.29, 1.82) is 0 Å². The second-order valence-electron chi connectivity index (χ2n) is 7.60. The third kappa shape index (κ3) is 4.03. The number of nitrogens with zero attached hydrogens (tertiary/aromatic N) is 2. The van der Waals surface area contributed by atoms with E-state index in [-0.39, 0.29) is 35.0 Å². The van der Waals surface area contributed by atoms with E-state index in [1.807, 2.05) is 0 Å². The molecule has 0 radical (unpaired) electrons. The molecule has 10 nitrogen and oxygen atoms in total. The number of carbonyl (C=O) groups excluding carboxylic acids is 4. The molecule has 10 heteroatoms. The number of para-hydroxylation sites is 1. The molecule has 1 heterocycles. The standard InChI is InChI=1S/C20H23N3O7/c1-11-6-5-9-15(23(28)29)17(11)21-16(24)10-30-20(27)12(2)22-18(25)13-7-3-4-8-14(13)19(22)26/h5-6,9,12-14H,3-4,7-8,10H2,1-2H3,(H,21,24)/t12-,13-,14+/m0/s1. The molecule has 1 aromatic carbocycles. The normalized spacial score (nSPS) is 21.7. The lowest BCUT2D eigenvalue weighted by atomic mass is 9.81. The summed E-state index contributed by atoms with van der Waals surface area (Å²) >= 11 is 0. The minimum atomic E-state index is -1.14. The number of hydrogen-bond donors (Lipinski definition) is 1. The van der Waals surface area contributed by atoms with Gasteiger partial charge in [0.05, 0.1) is 16.8 Å².